The van der Waals surface area contributed by atoms with Crippen LogP contribution in [0.3, 0.4) is 0 Å². The number of hydrogen-bond acceptors (Lipinski definition) is 8. The molecule has 1 aromatic rings. The minimum Gasteiger partial charge on any atom is -0.432 e. The second-order valence-corrected chi connectivity index (χ2v) is 10.4. The van der Waals surface area contributed by atoms with E-state index in [9.17, 15) is 9.59 Å². The molecule has 8 heteroatoms. The van der Waals surface area contributed by atoms with Crippen molar-refractivity contribution in [1.82, 2.24) is 0 Å². The fraction of sp³-hybridized carbons (Fsp3) is 0.750. The number of benzene rings is 1. The first-order valence-corrected chi connectivity index (χ1v) is 15.2. The van der Waals surface area contributed by atoms with Gasteiger partial charge in [-0.1, -0.05) is 78.4 Å². The second-order valence-electron chi connectivity index (χ2n) is 10.4. The maximum atomic E-state index is 12.9. The Morgan fingerprint density at radius 3 is 1.32 bits per heavy atom. The van der Waals surface area contributed by atoms with Crippen molar-refractivity contribution in [2.75, 3.05) is 13.2 Å². The molecule has 0 spiro atoms. The van der Waals surface area contributed by atoms with Crippen LogP contribution < -0.4 is 0 Å². The van der Waals surface area contributed by atoms with Gasteiger partial charge in [0.25, 0.3) is 0 Å². The molecule has 0 aliphatic heterocycles. The zero-order valence-corrected chi connectivity index (χ0v) is 26.1. The van der Waals surface area contributed by atoms with Gasteiger partial charge in [-0.3, -0.25) is 0 Å². The van der Waals surface area contributed by atoms with Crippen LogP contribution in [0.5, 0.6) is 0 Å². The van der Waals surface area contributed by atoms with Crippen LogP contribution in [0.15, 0.2) is 24.3 Å². The standard InChI is InChI=1S/C32H54O8/c1-9-13-17-27(11-3)21-35-23(5)37-25(7)39-31(33)29-19-15-16-20-30(29)32(34)40-26(8)38-24(6)36-22-28(12-4)18-14-10-2/h15-16,19-20,23-28H,9-14,17-18,21-22H2,1-8H3. The van der Waals surface area contributed by atoms with Crippen LogP contribution in [0.4, 0.5) is 0 Å². The van der Waals surface area contributed by atoms with Gasteiger partial charge >= 0.3 is 11.9 Å². The highest BCUT2D eigenvalue weighted by Gasteiger charge is 2.24. The minimum absolute atomic E-state index is 0.0837. The predicted octanol–water partition coefficient (Wildman–Crippen LogP) is 7.88. The fourth-order valence-electron chi connectivity index (χ4n) is 4.28. The predicted molar refractivity (Wildman–Crippen MR) is 156 cm³/mol. The van der Waals surface area contributed by atoms with Gasteiger partial charge in [0.05, 0.1) is 24.3 Å². The zero-order chi connectivity index (χ0) is 29.9. The topological polar surface area (TPSA) is 89.5 Å². The number of hydrogen-bond donors (Lipinski definition) is 0. The van der Waals surface area contributed by atoms with E-state index in [1.54, 1.807) is 39.8 Å². The highest BCUT2D eigenvalue weighted by atomic mass is 16.8. The van der Waals surface area contributed by atoms with Crippen LogP contribution in [0, 0.1) is 11.8 Å². The molecular weight excluding hydrogens is 512 g/mol. The van der Waals surface area contributed by atoms with Gasteiger partial charge in [0.2, 0.25) is 12.6 Å². The summed E-state index contributed by atoms with van der Waals surface area (Å²) >= 11 is 0. The van der Waals surface area contributed by atoms with Crippen LogP contribution >= 0.6 is 0 Å². The van der Waals surface area contributed by atoms with Crippen molar-refractivity contribution < 1.29 is 38.0 Å². The first kappa shape index (κ1) is 36.0. The Balaban J connectivity index is 2.61. The molecule has 8 nitrogen and oxygen atoms in total. The van der Waals surface area contributed by atoms with E-state index in [2.05, 4.69) is 27.7 Å². The maximum Gasteiger partial charge on any atom is 0.341 e. The normalized spacial score (nSPS) is 16.0. The largest absolute Gasteiger partial charge is 0.432 e. The van der Waals surface area contributed by atoms with E-state index in [-0.39, 0.29) is 11.1 Å². The molecule has 0 radical (unpaired) electrons. The fourth-order valence-corrected chi connectivity index (χ4v) is 4.28. The summed E-state index contributed by atoms with van der Waals surface area (Å²) in [4.78, 5) is 25.8. The van der Waals surface area contributed by atoms with Crippen molar-refractivity contribution >= 4 is 11.9 Å². The summed E-state index contributed by atoms with van der Waals surface area (Å²) in [6, 6.07) is 6.35. The Hall–Kier alpha value is -2.00. The van der Waals surface area contributed by atoms with Gasteiger partial charge in [0.15, 0.2) is 12.6 Å². The molecule has 1 aromatic carbocycles. The van der Waals surface area contributed by atoms with Crippen molar-refractivity contribution in [3.63, 3.8) is 0 Å². The number of esters is 2. The van der Waals surface area contributed by atoms with Crippen LogP contribution in [-0.2, 0) is 28.4 Å². The van der Waals surface area contributed by atoms with Gasteiger partial charge in [-0.25, -0.2) is 9.59 Å². The van der Waals surface area contributed by atoms with E-state index in [4.69, 9.17) is 28.4 Å². The van der Waals surface area contributed by atoms with E-state index < -0.39 is 37.1 Å². The van der Waals surface area contributed by atoms with E-state index in [1.165, 1.54) is 25.0 Å². The third-order valence-corrected chi connectivity index (χ3v) is 6.90. The quantitative estimate of drug-likeness (QED) is 0.103. The zero-order valence-electron chi connectivity index (χ0n) is 26.1. The van der Waals surface area contributed by atoms with Crippen molar-refractivity contribution in [3.8, 4) is 0 Å². The van der Waals surface area contributed by atoms with Gasteiger partial charge in [0.1, 0.15) is 0 Å². The van der Waals surface area contributed by atoms with Crippen LogP contribution in [-0.4, -0.2) is 50.3 Å². The number of ether oxygens (including phenoxy) is 6. The number of rotatable bonds is 22. The molecule has 6 atom stereocenters. The Kier molecular flexibility index (Phi) is 18.7. The molecule has 0 heterocycles. The summed E-state index contributed by atoms with van der Waals surface area (Å²) in [5, 5.41) is 0. The third kappa shape index (κ3) is 14.6. The molecule has 0 aliphatic rings. The lowest BCUT2D eigenvalue weighted by Crippen LogP contribution is -2.28. The van der Waals surface area contributed by atoms with Crippen molar-refractivity contribution in [1.29, 1.82) is 0 Å². The van der Waals surface area contributed by atoms with Crippen molar-refractivity contribution in [3.05, 3.63) is 35.4 Å². The highest BCUT2D eigenvalue weighted by Crippen LogP contribution is 2.18. The molecule has 0 amide bonds. The summed E-state index contributed by atoms with van der Waals surface area (Å²) in [7, 11) is 0. The smallest absolute Gasteiger partial charge is 0.341 e. The van der Waals surface area contributed by atoms with E-state index >= 15 is 0 Å². The molecule has 0 aliphatic carbocycles. The lowest BCUT2D eigenvalue weighted by molar-refractivity contribution is -0.218. The number of unbranched alkanes of at least 4 members (excludes halogenated alkanes) is 2. The molecule has 0 bridgehead atoms. The Morgan fingerprint density at radius 1 is 0.625 bits per heavy atom. The second kappa shape index (κ2) is 20.8. The van der Waals surface area contributed by atoms with Crippen molar-refractivity contribution in [2.24, 2.45) is 11.8 Å². The molecule has 230 valence electrons. The van der Waals surface area contributed by atoms with E-state index in [1.807, 2.05) is 0 Å². The molecule has 1 rings (SSSR count). The van der Waals surface area contributed by atoms with E-state index in [0.717, 1.165) is 38.5 Å². The van der Waals surface area contributed by atoms with Gasteiger partial charge < -0.3 is 28.4 Å². The highest BCUT2D eigenvalue weighted by molar-refractivity contribution is 6.03. The summed E-state index contributed by atoms with van der Waals surface area (Å²) in [5.74, 6) is -0.433. The van der Waals surface area contributed by atoms with Crippen molar-refractivity contribution in [2.45, 2.75) is 132 Å². The summed E-state index contributed by atoms with van der Waals surface area (Å²) in [6.07, 6.45) is 6.14. The Labute approximate surface area is 242 Å². The molecule has 0 saturated carbocycles. The Bertz CT molecular complexity index is 762. The summed E-state index contributed by atoms with van der Waals surface area (Å²) < 4.78 is 34.0. The molecule has 6 unspecified atom stereocenters. The summed E-state index contributed by atoms with van der Waals surface area (Å²) in [6.45, 7) is 16.6. The molecule has 0 saturated heterocycles. The first-order chi connectivity index (χ1) is 19.1. The molecule has 0 fully saturated rings. The number of carbonyl (C=O) groups excluding carboxylic acids is 2. The Morgan fingerprint density at radius 2 is 1.00 bits per heavy atom. The van der Waals surface area contributed by atoms with Gasteiger partial charge in [-0.05, 0) is 64.5 Å². The SMILES string of the molecule is CCCCC(CC)COC(C)OC(C)OC(=O)c1ccccc1C(=O)OC(C)OC(C)OCC(CC)CCCC. The third-order valence-electron chi connectivity index (χ3n) is 6.90. The lowest BCUT2D eigenvalue weighted by atomic mass is 10.0. The van der Waals surface area contributed by atoms with E-state index in [0.29, 0.717) is 25.0 Å². The molecule has 0 aromatic heterocycles. The van der Waals surface area contributed by atoms with Crippen LogP contribution in [0.25, 0.3) is 0 Å². The molecular formula is C32H54O8. The van der Waals surface area contributed by atoms with Gasteiger partial charge in [-0.2, -0.15) is 0 Å². The van der Waals surface area contributed by atoms with Crippen LogP contribution in [0.2, 0.25) is 0 Å². The van der Waals surface area contributed by atoms with Crippen LogP contribution in [0.1, 0.15) is 127 Å². The average Bonchev–Trinajstić information content (AvgIpc) is 2.93. The maximum absolute atomic E-state index is 12.9. The first-order valence-electron chi connectivity index (χ1n) is 15.2. The molecule has 0 N–H and O–H groups in total. The van der Waals surface area contributed by atoms with Gasteiger partial charge in [0, 0.05) is 0 Å². The number of carbonyl (C=O) groups is 2. The molecule has 40 heavy (non-hydrogen) atoms. The summed E-state index contributed by atoms with van der Waals surface area (Å²) in [5.41, 5.74) is 0.167. The van der Waals surface area contributed by atoms with Gasteiger partial charge in [-0.15, -0.1) is 0 Å². The minimum atomic E-state index is -0.869. The lowest BCUT2D eigenvalue weighted by Gasteiger charge is -2.23. The average molecular weight is 567 g/mol. The monoisotopic (exact) mass is 566 g/mol.